The molecule has 0 saturated heterocycles. The second-order valence-electron chi connectivity index (χ2n) is 6.22. The first-order valence-corrected chi connectivity index (χ1v) is 8.32. The van der Waals surface area contributed by atoms with Crippen LogP contribution in [0.3, 0.4) is 0 Å². The largest absolute Gasteiger partial charge is 0.464 e. The van der Waals surface area contributed by atoms with Gasteiger partial charge < -0.3 is 14.5 Å². The summed E-state index contributed by atoms with van der Waals surface area (Å²) >= 11 is 0. The molecule has 0 unspecified atom stereocenters. The molecule has 3 aromatic rings. The molecule has 1 amide bonds. The van der Waals surface area contributed by atoms with Gasteiger partial charge >= 0.3 is 12.1 Å². The smallest absolute Gasteiger partial charge is 0.416 e. The molecule has 28 heavy (non-hydrogen) atoms. The number of hydrogen-bond donors (Lipinski definition) is 1. The summed E-state index contributed by atoms with van der Waals surface area (Å²) in [7, 11) is 0. The fourth-order valence-electron chi connectivity index (χ4n) is 2.62. The van der Waals surface area contributed by atoms with Gasteiger partial charge in [0.15, 0.2) is 6.61 Å². The predicted octanol–water partition coefficient (Wildman–Crippen LogP) is 4.48. The maximum absolute atomic E-state index is 12.5. The van der Waals surface area contributed by atoms with Gasteiger partial charge in [0.1, 0.15) is 5.58 Å². The van der Waals surface area contributed by atoms with Crippen molar-refractivity contribution in [3.63, 3.8) is 0 Å². The van der Waals surface area contributed by atoms with Crippen LogP contribution in [0.1, 0.15) is 16.7 Å². The minimum atomic E-state index is -4.45. The highest BCUT2D eigenvalue weighted by molar-refractivity contribution is 5.93. The molecule has 0 atom stereocenters. The van der Waals surface area contributed by atoms with E-state index in [1.807, 2.05) is 25.1 Å². The van der Waals surface area contributed by atoms with Crippen LogP contribution in [0.25, 0.3) is 11.0 Å². The van der Waals surface area contributed by atoms with Crippen LogP contribution in [-0.4, -0.2) is 18.5 Å². The van der Waals surface area contributed by atoms with Gasteiger partial charge in [0.2, 0.25) is 0 Å². The Kier molecular flexibility index (Phi) is 5.39. The van der Waals surface area contributed by atoms with Gasteiger partial charge in [0.25, 0.3) is 5.91 Å². The first kappa shape index (κ1) is 19.5. The fourth-order valence-corrected chi connectivity index (χ4v) is 2.62. The number of anilines is 1. The second kappa shape index (κ2) is 7.75. The number of alkyl halides is 3. The molecule has 1 aromatic heterocycles. The second-order valence-corrected chi connectivity index (χ2v) is 6.22. The standard InChI is InChI=1S/C20H16F3NO4/c1-12-2-7-16-13(10-27-17(16)8-12)9-19(26)28-11-18(25)24-15-5-3-14(4-6-15)20(21,22)23/h2-8,10H,9,11H2,1H3,(H,24,25). The number of amides is 1. The van der Waals surface area contributed by atoms with Gasteiger partial charge in [-0.2, -0.15) is 13.2 Å². The zero-order valence-electron chi connectivity index (χ0n) is 14.8. The number of carbonyl (C=O) groups is 2. The Morgan fingerprint density at radius 1 is 1.11 bits per heavy atom. The molecule has 0 radical (unpaired) electrons. The highest BCUT2D eigenvalue weighted by Gasteiger charge is 2.30. The number of esters is 1. The average Bonchev–Trinajstić information content (AvgIpc) is 3.01. The van der Waals surface area contributed by atoms with E-state index in [1.54, 1.807) is 0 Å². The maximum Gasteiger partial charge on any atom is 0.416 e. The number of carbonyl (C=O) groups excluding carboxylic acids is 2. The molecule has 0 saturated carbocycles. The highest BCUT2D eigenvalue weighted by atomic mass is 19.4. The lowest BCUT2D eigenvalue weighted by molar-refractivity contribution is -0.146. The van der Waals surface area contributed by atoms with Gasteiger partial charge in [-0.05, 0) is 42.8 Å². The van der Waals surface area contributed by atoms with Gasteiger partial charge in [-0.1, -0.05) is 12.1 Å². The zero-order valence-corrected chi connectivity index (χ0v) is 14.8. The number of fused-ring (bicyclic) bond motifs is 1. The van der Waals surface area contributed by atoms with Crippen molar-refractivity contribution >= 4 is 28.5 Å². The Bertz CT molecular complexity index is 1010. The van der Waals surface area contributed by atoms with E-state index in [2.05, 4.69) is 5.32 Å². The summed E-state index contributed by atoms with van der Waals surface area (Å²) in [5.74, 6) is -1.27. The zero-order chi connectivity index (χ0) is 20.3. The minimum absolute atomic E-state index is 0.0659. The Hall–Kier alpha value is -3.29. The highest BCUT2D eigenvalue weighted by Crippen LogP contribution is 2.29. The lowest BCUT2D eigenvalue weighted by Crippen LogP contribution is -2.21. The normalized spacial score (nSPS) is 11.4. The SMILES string of the molecule is Cc1ccc2c(CC(=O)OCC(=O)Nc3ccc(C(F)(F)F)cc3)coc2c1. The molecule has 8 heteroatoms. The van der Waals surface area contributed by atoms with Crippen LogP contribution < -0.4 is 5.32 Å². The minimum Gasteiger partial charge on any atom is -0.464 e. The molecular formula is C20H16F3NO4. The average molecular weight is 391 g/mol. The topological polar surface area (TPSA) is 68.5 Å². The van der Waals surface area contributed by atoms with Crippen LogP contribution in [-0.2, 0) is 26.9 Å². The molecule has 0 aliphatic carbocycles. The third-order valence-corrected chi connectivity index (χ3v) is 4.01. The summed E-state index contributed by atoms with van der Waals surface area (Å²) < 4.78 is 47.9. The number of nitrogens with one attached hydrogen (secondary N) is 1. The first-order valence-electron chi connectivity index (χ1n) is 8.32. The molecule has 0 bridgehead atoms. The molecule has 3 rings (SSSR count). The van der Waals surface area contributed by atoms with E-state index in [9.17, 15) is 22.8 Å². The summed E-state index contributed by atoms with van der Waals surface area (Å²) in [6.45, 7) is 1.37. The number of benzene rings is 2. The number of rotatable bonds is 5. The van der Waals surface area contributed by atoms with Gasteiger partial charge in [-0.15, -0.1) is 0 Å². The molecular weight excluding hydrogens is 375 g/mol. The van der Waals surface area contributed by atoms with Crippen LogP contribution >= 0.6 is 0 Å². The fraction of sp³-hybridized carbons (Fsp3) is 0.200. The summed E-state index contributed by atoms with van der Waals surface area (Å²) in [5, 5.41) is 3.16. The van der Waals surface area contributed by atoms with Crippen molar-refractivity contribution in [3.05, 3.63) is 65.4 Å². The number of hydrogen-bond acceptors (Lipinski definition) is 4. The summed E-state index contributed by atoms with van der Waals surface area (Å²) in [5.41, 5.74) is 1.67. The van der Waals surface area contributed by atoms with Crippen LogP contribution in [0, 0.1) is 6.92 Å². The Morgan fingerprint density at radius 3 is 2.50 bits per heavy atom. The number of furan rings is 1. The molecule has 146 valence electrons. The number of aryl methyl sites for hydroxylation is 1. The monoisotopic (exact) mass is 391 g/mol. The van der Waals surface area contributed by atoms with Gasteiger partial charge in [-0.25, -0.2) is 0 Å². The van der Waals surface area contributed by atoms with Crippen LogP contribution in [0.15, 0.2) is 53.1 Å². The molecule has 1 N–H and O–H groups in total. The quantitative estimate of drug-likeness (QED) is 0.651. The van der Waals surface area contributed by atoms with E-state index < -0.39 is 30.2 Å². The molecule has 0 aliphatic heterocycles. The van der Waals surface area contributed by atoms with Crippen molar-refractivity contribution < 1.29 is 31.9 Å². The Balaban J connectivity index is 1.52. The third kappa shape index (κ3) is 4.70. The van der Waals surface area contributed by atoms with Crippen molar-refractivity contribution in [2.24, 2.45) is 0 Å². The maximum atomic E-state index is 12.5. The Morgan fingerprint density at radius 2 is 1.82 bits per heavy atom. The number of halogens is 3. The molecule has 0 fully saturated rings. The van der Waals surface area contributed by atoms with E-state index >= 15 is 0 Å². The van der Waals surface area contributed by atoms with Crippen molar-refractivity contribution in [2.75, 3.05) is 11.9 Å². The summed E-state index contributed by atoms with van der Waals surface area (Å²) in [6, 6.07) is 9.55. The van der Waals surface area contributed by atoms with Crippen molar-refractivity contribution in [3.8, 4) is 0 Å². The van der Waals surface area contributed by atoms with E-state index in [4.69, 9.17) is 9.15 Å². The predicted molar refractivity (Wildman–Crippen MR) is 95.7 cm³/mol. The van der Waals surface area contributed by atoms with Crippen molar-refractivity contribution in [1.82, 2.24) is 0 Å². The van der Waals surface area contributed by atoms with Crippen LogP contribution in [0.5, 0.6) is 0 Å². The molecule has 1 heterocycles. The first-order chi connectivity index (χ1) is 13.2. The van der Waals surface area contributed by atoms with E-state index in [0.29, 0.717) is 11.1 Å². The van der Waals surface area contributed by atoms with Crippen LogP contribution in [0.2, 0.25) is 0 Å². The van der Waals surface area contributed by atoms with E-state index in [-0.39, 0.29) is 12.1 Å². The molecule has 5 nitrogen and oxygen atoms in total. The Labute approximate surface area is 158 Å². The van der Waals surface area contributed by atoms with Crippen molar-refractivity contribution in [1.29, 1.82) is 0 Å². The van der Waals surface area contributed by atoms with Gasteiger partial charge in [0.05, 0.1) is 18.2 Å². The summed E-state index contributed by atoms with van der Waals surface area (Å²) in [4.78, 5) is 23.8. The number of ether oxygens (including phenoxy) is 1. The van der Waals surface area contributed by atoms with Crippen LogP contribution in [0.4, 0.5) is 18.9 Å². The summed E-state index contributed by atoms with van der Waals surface area (Å²) in [6.07, 6.45) is -3.05. The van der Waals surface area contributed by atoms with Crippen molar-refractivity contribution in [2.45, 2.75) is 19.5 Å². The molecule has 0 aliphatic rings. The molecule has 0 spiro atoms. The van der Waals surface area contributed by atoms with E-state index in [1.165, 1.54) is 6.26 Å². The third-order valence-electron chi connectivity index (χ3n) is 4.01. The van der Waals surface area contributed by atoms with Gasteiger partial charge in [-0.3, -0.25) is 9.59 Å². The lowest BCUT2D eigenvalue weighted by Gasteiger charge is -2.09. The lowest BCUT2D eigenvalue weighted by atomic mass is 10.1. The molecule has 2 aromatic carbocycles. The van der Waals surface area contributed by atoms with Gasteiger partial charge in [0, 0.05) is 16.6 Å². The van der Waals surface area contributed by atoms with E-state index in [0.717, 1.165) is 35.2 Å².